The second-order valence-electron chi connectivity index (χ2n) is 12.5. The van der Waals surface area contributed by atoms with Crippen molar-refractivity contribution < 1.29 is 18.3 Å². The lowest BCUT2D eigenvalue weighted by molar-refractivity contribution is -0.137. The van der Waals surface area contributed by atoms with E-state index in [1.165, 1.54) is 16.9 Å². The number of phenols is 1. The van der Waals surface area contributed by atoms with Gasteiger partial charge in [0, 0.05) is 11.0 Å². The first-order valence-electron chi connectivity index (χ1n) is 14.8. The van der Waals surface area contributed by atoms with Crippen LogP contribution in [0.1, 0.15) is 82.6 Å². The highest BCUT2D eigenvalue weighted by Gasteiger charge is 2.32. The van der Waals surface area contributed by atoms with Gasteiger partial charge >= 0.3 is 6.18 Å². The van der Waals surface area contributed by atoms with Gasteiger partial charge in [-0.05, 0) is 64.4 Å². The number of aromatic hydroxyl groups is 1. The maximum Gasteiger partial charge on any atom is 0.416 e. The number of benzene rings is 4. The molecule has 0 aliphatic rings. The molecule has 0 saturated carbocycles. The molecule has 7 heteroatoms. The summed E-state index contributed by atoms with van der Waals surface area (Å²) in [5.74, 6) is 0.116. The minimum Gasteiger partial charge on any atom is -0.505 e. The molecule has 1 N–H and O–H groups in total. The topological polar surface area (TPSA) is 50.9 Å². The molecule has 0 unspecified atom stereocenters. The molecule has 0 radical (unpaired) electrons. The molecule has 0 amide bonds. The Morgan fingerprint density at radius 3 is 2.00 bits per heavy atom. The summed E-state index contributed by atoms with van der Waals surface area (Å²) < 4.78 is 39.2. The van der Waals surface area contributed by atoms with Gasteiger partial charge in [0.05, 0.1) is 5.56 Å². The zero-order chi connectivity index (χ0) is 31.0. The van der Waals surface area contributed by atoms with Crippen LogP contribution in [0, 0.1) is 0 Å². The quantitative estimate of drug-likeness (QED) is 0.175. The summed E-state index contributed by atoms with van der Waals surface area (Å²) in [6, 6.07) is 24.8. The van der Waals surface area contributed by atoms with E-state index in [0.29, 0.717) is 22.3 Å². The zero-order valence-electron chi connectivity index (χ0n) is 25.3. The molecule has 0 fully saturated rings. The molecule has 1 heterocycles. The SMILES string of the molecule is CCCCCC(C)(C)c1cc(-n2nc3ccc(-c4ccc(C(F)(F)F)cc4)cc3n2)c(O)c(C(C)(C)c2ccccc2)c1. The third kappa shape index (κ3) is 6.17. The van der Waals surface area contributed by atoms with Gasteiger partial charge in [-0.2, -0.15) is 13.2 Å². The van der Waals surface area contributed by atoms with Gasteiger partial charge in [-0.3, -0.25) is 0 Å². The third-order valence-corrected chi connectivity index (χ3v) is 8.59. The Labute approximate surface area is 251 Å². The predicted molar refractivity (Wildman–Crippen MR) is 167 cm³/mol. The molecule has 5 aromatic rings. The second-order valence-corrected chi connectivity index (χ2v) is 12.5. The Bertz CT molecular complexity index is 1720. The third-order valence-electron chi connectivity index (χ3n) is 8.59. The molecule has 224 valence electrons. The van der Waals surface area contributed by atoms with E-state index in [4.69, 9.17) is 10.2 Å². The first-order chi connectivity index (χ1) is 20.3. The Morgan fingerprint density at radius 1 is 0.698 bits per heavy atom. The summed E-state index contributed by atoms with van der Waals surface area (Å²) in [4.78, 5) is 1.48. The molecule has 1 aromatic heterocycles. The number of aromatic nitrogens is 3. The van der Waals surface area contributed by atoms with Crippen LogP contribution in [0.15, 0.2) is 84.9 Å². The summed E-state index contributed by atoms with van der Waals surface area (Å²) in [7, 11) is 0. The number of nitrogens with zero attached hydrogens (tertiary/aromatic N) is 3. The molecule has 0 saturated heterocycles. The van der Waals surface area contributed by atoms with Crippen molar-refractivity contribution in [2.24, 2.45) is 0 Å². The van der Waals surface area contributed by atoms with Crippen molar-refractivity contribution in [2.45, 2.75) is 77.3 Å². The van der Waals surface area contributed by atoms with Gasteiger partial charge in [0.1, 0.15) is 22.5 Å². The standard InChI is InChI=1S/C36H38F3N3O/c1-6-7-11-20-34(2,3)28-22-29(35(4,5)26-12-9-8-10-13-26)33(43)32(23-28)42-40-30-19-16-25(21-31(30)41-42)24-14-17-27(18-15-24)36(37,38)39/h8-10,12-19,21-23,43H,6-7,11,20H2,1-5H3. The fraction of sp³-hybridized carbons (Fsp3) is 0.333. The highest BCUT2D eigenvalue weighted by atomic mass is 19.4. The van der Waals surface area contributed by atoms with Gasteiger partial charge < -0.3 is 5.11 Å². The van der Waals surface area contributed by atoms with Crippen molar-refractivity contribution in [3.05, 3.63) is 107 Å². The molecule has 43 heavy (non-hydrogen) atoms. The molecule has 0 aliphatic heterocycles. The molecule has 0 spiro atoms. The number of hydrogen-bond acceptors (Lipinski definition) is 3. The van der Waals surface area contributed by atoms with Crippen LogP contribution in [0.25, 0.3) is 27.8 Å². The highest BCUT2D eigenvalue weighted by Crippen LogP contribution is 2.43. The van der Waals surface area contributed by atoms with Crippen LogP contribution in [0.4, 0.5) is 13.2 Å². The summed E-state index contributed by atoms with van der Waals surface area (Å²) in [5.41, 5.74) is 4.70. The van der Waals surface area contributed by atoms with Crippen molar-refractivity contribution in [3.8, 4) is 22.6 Å². The minimum absolute atomic E-state index is 0.116. The number of fused-ring (bicyclic) bond motifs is 1. The van der Waals surface area contributed by atoms with E-state index in [2.05, 4.69) is 52.8 Å². The number of rotatable bonds is 9. The highest BCUT2D eigenvalue weighted by molar-refractivity contribution is 5.81. The van der Waals surface area contributed by atoms with Crippen LogP contribution < -0.4 is 0 Å². The van der Waals surface area contributed by atoms with E-state index >= 15 is 0 Å². The average molecular weight is 586 g/mol. The van der Waals surface area contributed by atoms with Crippen molar-refractivity contribution in [1.82, 2.24) is 15.0 Å². The summed E-state index contributed by atoms with van der Waals surface area (Å²) in [5, 5.41) is 21.3. The largest absolute Gasteiger partial charge is 0.505 e. The maximum absolute atomic E-state index is 13.1. The first kappa shape index (κ1) is 30.3. The fourth-order valence-electron chi connectivity index (χ4n) is 5.66. The van der Waals surface area contributed by atoms with Gasteiger partial charge in [-0.25, -0.2) is 0 Å². The summed E-state index contributed by atoms with van der Waals surface area (Å²) in [6.45, 7) is 10.9. The molecule has 5 rings (SSSR count). The monoisotopic (exact) mass is 585 g/mol. The Hall–Kier alpha value is -4.13. The van der Waals surface area contributed by atoms with Gasteiger partial charge in [0.2, 0.25) is 0 Å². The van der Waals surface area contributed by atoms with Crippen molar-refractivity contribution in [3.63, 3.8) is 0 Å². The van der Waals surface area contributed by atoms with E-state index in [1.54, 1.807) is 6.07 Å². The van der Waals surface area contributed by atoms with Crippen LogP contribution in [0.5, 0.6) is 5.75 Å². The number of alkyl halides is 3. The van der Waals surface area contributed by atoms with Gasteiger partial charge in [-0.15, -0.1) is 15.0 Å². The molecule has 0 bridgehead atoms. The lowest BCUT2D eigenvalue weighted by Gasteiger charge is -2.32. The van der Waals surface area contributed by atoms with Crippen LogP contribution in [0.3, 0.4) is 0 Å². The van der Waals surface area contributed by atoms with E-state index in [0.717, 1.165) is 60.1 Å². The maximum atomic E-state index is 13.1. The van der Waals surface area contributed by atoms with Crippen LogP contribution in [-0.2, 0) is 17.0 Å². The van der Waals surface area contributed by atoms with Crippen molar-refractivity contribution in [1.29, 1.82) is 0 Å². The van der Waals surface area contributed by atoms with E-state index < -0.39 is 17.2 Å². The summed E-state index contributed by atoms with van der Waals surface area (Å²) in [6.07, 6.45) is 0.0147. The van der Waals surface area contributed by atoms with Gasteiger partial charge in [0.15, 0.2) is 0 Å². The predicted octanol–water partition coefficient (Wildman–Crippen LogP) is 10.00. The Kier molecular flexibility index (Phi) is 8.12. The lowest BCUT2D eigenvalue weighted by Crippen LogP contribution is -2.23. The molecular weight excluding hydrogens is 547 g/mol. The number of halogens is 3. The molecule has 4 aromatic carbocycles. The van der Waals surface area contributed by atoms with Gasteiger partial charge in [0.25, 0.3) is 0 Å². The van der Waals surface area contributed by atoms with Crippen LogP contribution >= 0.6 is 0 Å². The summed E-state index contributed by atoms with van der Waals surface area (Å²) >= 11 is 0. The normalized spacial score (nSPS) is 12.7. The Morgan fingerprint density at radius 2 is 1.35 bits per heavy atom. The van der Waals surface area contributed by atoms with Gasteiger partial charge in [-0.1, -0.05) is 108 Å². The number of hydrogen-bond donors (Lipinski definition) is 1. The first-order valence-corrected chi connectivity index (χ1v) is 14.8. The molecule has 0 aliphatic carbocycles. The smallest absolute Gasteiger partial charge is 0.416 e. The second kappa shape index (κ2) is 11.5. The number of phenolic OH excluding ortho intramolecular Hbond substituents is 1. The van der Waals surface area contributed by atoms with Crippen LogP contribution in [-0.4, -0.2) is 20.1 Å². The fourth-order valence-corrected chi connectivity index (χ4v) is 5.66. The van der Waals surface area contributed by atoms with E-state index in [1.807, 2.05) is 36.4 Å². The van der Waals surface area contributed by atoms with Crippen molar-refractivity contribution >= 4 is 11.0 Å². The minimum atomic E-state index is -4.39. The van der Waals surface area contributed by atoms with Crippen LogP contribution in [0.2, 0.25) is 0 Å². The zero-order valence-corrected chi connectivity index (χ0v) is 25.3. The molecule has 0 atom stereocenters. The Balaban J connectivity index is 1.62. The van der Waals surface area contributed by atoms with E-state index in [-0.39, 0.29) is 11.2 Å². The molecular formula is C36H38F3N3O. The van der Waals surface area contributed by atoms with Crippen molar-refractivity contribution in [2.75, 3.05) is 0 Å². The molecule has 4 nitrogen and oxygen atoms in total. The average Bonchev–Trinajstić information content (AvgIpc) is 3.40. The number of unbranched alkanes of at least 4 members (excludes halogenated alkanes) is 2. The van der Waals surface area contributed by atoms with E-state index in [9.17, 15) is 18.3 Å². The lowest BCUT2D eigenvalue weighted by atomic mass is 9.73.